The molecule has 27 heavy (non-hydrogen) atoms. The number of ether oxygens (including phenoxy) is 1. The number of nitrogens with one attached hydrogen (secondary N) is 1. The number of carbonyl (C=O) groups excluding carboxylic acids is 1. The van der Waals surface area contributed by atoms with Crippen LogP contribution in [-0.4, -0.2) is 15.9 Å². The van der Waals surface area contributed by atoms with E-state index in [2.05, 4.69) is 21.4 Å². The number of hydrogen-bond donors (Lipinski definition) is 2. The number of nitrogens with two attached hydrogens (primary N) is 1. The predicted molar refractivity (Wildman–Crippen MR) is 103 cm³/mol. The van der Waals surface area contributed by atoms with Crippen molar-refractivity contribution in [3.8, 4) is 11.5 Å². The van der Waals surface area contributed by atoms with Crippen molar-refractivity contribution >= 4 is 28.3 Å². The van der Waals surface area contributed by atoms with Crippen molar-refractivity contribution in [3.05, 3.63) is 84.7 Å². The number of rotatable bonds is 5. The van der Waals surface area contributed by atoms with E-state index in [1.165, 1.54) is 0 Å². The number of carbonyl (C=O) groups is 1. The van der Waals surface area contributed by atoms with E-state index >= 15 is 0 Å². The zero-order valence-electron chi connectivity index (χ0n) is 14.2. The summed E-state index contributed by atoms with van der Waals surface area (Å²) in [7, 11) is 0. The van der Waals surface area contributed by atoms with Gasteiger partial charge >= 0.3 is 0 Å². The van der Waals surface area contributed by atoms with Gasteiger partial charge in [-0.2, -0.15) is 0 Å². The molecule has 3 N–H and O–H groups in total. The van der Waals surface area contributed by atoms with Crippen molar-refractivity contribution in [2.24, 2.45) is 5.73 Å². The van der Waals surface area contributed by atoms with E-state index in [9.17, 15) is 4.79 Å². The third-order valence-corrected chi connectivity index (χ3v) is 3.86. The molecule has 1 heterocycles. The van der Waals surface area contributed by atoms with Gasteiger partial charge in [0.05, 0.1) is 5.52 Å². The van der Waals surface area contributed by atoms with E-state index in [0.29, 0.717) is 17.1 Å². The first-order valence-electron chi connectivity index (χ1n) is 8.27. The lowest BCUT2D eigenvalue weighted by Gasteiger charge is -2.11. The average molecular weight is 355 g/mol. The van der Waals surface area contributed by atoms with Crippen molar-refractivity contribution in [1.29, 1.82) is 0 Å². The van der Waals surface area contributed by atoms with Crippen LogP contribution in [0, 0.1) is 6.07 Å². The van der Waals surface area contributed by atoms with Gasteiger partial charge in [-0.3, -0.25) is 4.79 Å². The molecule has 131 valence electrons. The zero-order chi connectivity index (χ0) is 18.6. The molecule has 0 aliphatic rings. The maximum atomic E-state index is 11.5. The van der Waals surface area contributed by atoms with Gasteiger partial charge in [-0.1, -0.05) is 24.3 Å². The molecule has 0 saturated heterocycles. The second-order valence-electron chi connectivity index (χ2n) is 5.77. The van der Waals surface area contributed by atoms with Gasteiger partial charge in [0.25, 0.3) is 5.91 Å². The summed E-state index contributed by atoms with van der Waals surface area (Å²) in [4.78, 5) is 19.9. The van der Waals surface area contributed by atoms with Gasteiger partial charge in [0.15, 0.2) is 0 Å². The van der Waals surface area contributed by atoms with Crippen LogP contribution < -0.4 is 15.8 Å². The molecule has 0 atom stereocenters. The third-order valence-electron chi connectivity index (χ3n) is 3.86. The lowest BCUT2D eigenvalue weighted by molar-refractivity contribution is 0.0991. The zero-order valence-corrected chi connectivity index (χ0v) is 14.2. The molecule has 0 aliphatic heterocycles. The van der Waals surface area contributed by atoms with Crippen LogP contribution in [-0.2, 0) is 0 Å². The third kappa shape index (κ3) is 3.69. The van der Waals surface area contributed by atoms with Crippen LogP contribution in [0.1, 0.15) is 10.6 Å². The summed E-state index contributed by atoms with van der Waals surface area (Å²) in [5, 5.41) is 3.94. The quantitative estimate of drug-likeness (QED) is 0.563. The Hall–Kier alpha value is -3.93. The van der Waals surface area contributed by atoms with Crippen molar-refractivity contribution in [2.75, 3.05) is 5.32 Å². The fourth-order valence-corrected chi connectivity index (χ4v) is 2.59. The minimum Gasteiger partial charge on any atom is -0.457 e. The van der Waals surface area contributed by atoms with Gasteiger partial charge in [0, 0.05) is 11.1 Å². The van der Waals surface area contributed by atoms with Crippen molar-refractivity contribution in [1.82, 2.24) is 9.97 Å². The highest BCUT2D eigenvalue weighted by atomic mass is 16.5. The first-order chi connectivity index (χ1) is 13.2. The minimum atomic E-state index is -0.681. The van der Waals surface area contributed by atoms with E-state index in [1.807, 2.05) is 54.6 Å². The van der Waals surface area contributed by atoms with Gasteiger partial charge in [-0.05, 0) is 54.6 Å². The van der Waals surface area contributed by atoms with Crippen LogP contribution in [0.3, 0.4) is 0 Å². The molecule has 1 amide bonds. The molecule has 0 fully saturated rings. The highest BCUT2D eigenvalue weighted by Crippen LogP contribution is 2.26. The first kappa shape index (κ1) is 16.5. The van der Waals surface area contributed by atoms with Gasteiger partial charge < -0.3 is 15.8 Å². The van der Waals surface area contributed by atoms with Crippen LogP contribution in [0.2, 0.25) is 0 Å². The Balaban J connectivity index is 1.61. The molecule has 0 saturated carbocycles. The molecule has 1 aromatic heterocycles. The maximum Gasteiger partial charge on any atom is 0.286 e. The molecule has 4 rings (SSSR count). The normalized spacial score (nSPS) is 10.5. The van der Waals surface area contributed by atoms with E-state index < -0.39 is 5.91 Å². The van der Waals surface area contributed by atoms with Crippen LogP contribution in [0.5, 0.6) is 11.5 Å². The number of benzene rings is 3. The van der Waals surface area contributed by atoms with E-state index in [1.54, 1.807) is 18.2 Å². The summed E-state index contributed by atoms with van der Waals surface area (Å²) < 4.78 is 5.78. The molecular formula is C21H15N4O2. The first-order valence-corrected chi connectivity index (χ1v) is 8.27. The van der Waals surface area contributed by atoms with Gasteiger partial charge in [0.1, 0.15) is 17.3 Å². The Labute approximate surface area is 155 Å². The number of hydrogen-bond acceptors (Lipinski definition) is 5. The molecule has 0 aliphatic carbocycles. The number of fused-ring (bicyclic) bond motifs is 1. The second-order valence-corrected chi connectivity index (χ2v) is 5.77. The van der Waals surface area contributed by atoms with E-state index in [4.69, 9.17) is 10.5 Å². The van der Waals surface area contributed by atoms with Gasteiger partial charge in [-0.15, -0.1) is 0 Å². The number of amides is 1. The largest absolute Gasteiger partial charge is 0.457 e. The Morgan fingerprint density at radius 3 is 2.44 bits per heavy atom. The molecule has 0 spiro atoms. The summed E-state index contributed by atoms with van der Waals surface area (Å²) in [6.07, 6.45) is 0. The number of para-hydroxylation sites is 1. The highest BCUT2D eigenvalue weighted by molar-refractivity contribution is 5.96. The molecule has 3 aromatic carbocycles. The summed E-state index contributed by atoms with van der Waals surface area (Å²) in [5.74, 6) is 1.24. The fraction of sp³-hybridized carbons (Fsp3) is 0. The Bertz CT molecular complexity index is 1100. The topological polar surface area (TPSA) is 90.1 Å². The summed E-state index contributed by atoms with van der Waals surface area (Å²) in [6, 6.07) is 25.2. The number of aromatic nitrogens is 2. The maximum absolute atomic E-state index is 11.5. The summed E-state index contributed by atoms with van der Waals surface area (Å²) in [5.41, 5.74) is 6.75. The summed E-state index contributed by atoms with van der Waals surface area (Å²) >= 11 is 0. The number of primary amides is 1. The van der Waals surface area contributed by atoms with Crippen LogP contribution >= 0.6 is 0 Å². The lowest BCUT2D eigenvalue weighted by atomic mass is 10.2. The Kier molecular flexibility index (Phi) is 4.37. The fourth-order valence-electron chi connectivity index (χ4n) is 2.59. The van der Waals surface area contributed by atoms with Gasteiger partial charge in [0.2, 0.25) is 5.82 Å². The minimum absolute atomic E-state index is 0.0415. The molecule has 4 aromatic rings. The number of nitrogens with zero attached hydrogens (tertiary/aromatic N) is 2. The van der Waals surface area contributed by atoms with Crippen LogP contribution in [0.4, 0.5) is 11.5 Å². The molecular weight excluding hydrogens is 340 g/mol. The van der Waals surface area contributed by atoms with Crippen LogP contribution in [0.15, 0.2) is 72.8 Å². The average Bonchev–Trinajstić information content (AvgIpc) is 2.70. The second kappa shape index (κ2) is 7.13. The molecule has 0 unspecified atom stereocenters. The van der Waals surface area contributed by atoms with E-state index in [-0.39, 0.29) is 5.82 Å². The molecule has 6 nitrogen and oxygen atoms in total. The Morgan fingerprint density at radius 2 is 1.70 bits per heavy atom. The lowest BCUT2D eigenvalue weighted by Crippen LogP contribution is -2.16. The molecule has 6 heteroatoms. The molecule has 1 radical (unpaired) electrons. The smallest absolute Gasteiger partial charge is 0.286 e. The Morgan fingerprint density at radius 1 is 0.963 bits per heavy atom. The standard InChI is InChI=1S/C21H15N4O2/c22-19(26)21-24-18-9-5-4-8-17(18)20(25-21)23-14-10-12-16(13-11-14)27-15-6-2-1-3-7-15/h1-3,5-13H,(H2,22,26)(H,23,24,25). The highest BCUT2D eigenvalue weighted by Gasteiger charge is 2.11. The molecule has 0 bridgehead atoms. The van der Waals surface area contributed by atoms with E-state index in [0.717, 1.165) is 16.8 Å². The SMILES string of the molecule is NC(=O)c1nc(Nc2ccc(Oc3ccccc3)cc2)c2c[c]ccc2n1. The monoisotopic (exact) mass is 355 g/mol. The van der Waals surface area contributed by atoms with Crippen LogP contribution in [0.25, 0.3) is 10.9 Å². The van der Waals surface area contributed by atoms with Crippen molar-refractivity contribution in [3.63, 3.8) is 0 Å². The van der Waals surface area contributed by atoms with Crippen molar-refractivity contribution in [2.45, 2.75) is 0 Å². The predicted octanol–water partition coefficient (Wildman–Crippen LogP) is 4.06. The van der Waals surface area contributed by atoms with Crippen molar-refractivity contribution < 1.29 is 9.53 Å². The van der Waals surface area contributed by atoms with Gasteiger partial charge in [-0.25, -0.2) is 9.97 Å². The number of anilines is 2. The summed E-state index contributed by atoms with van der Waals surface area (Å²) in [6.45, 7) is 0.